The molecule has 3 N–H and O–H groups in total. The minimum Gasteiger partial charge on any atom is -0.434 e. The Labute approximate surface area is 244 Å². The van der Waals surface area contributed by atoms with Crippen LogP contribution in [0.5, 0.6) is 0 Å². The molecule has 0 unspecified atom stereocenters. The summed E-state index contributed by atoms with van der Waals surface area (Å²) in [6.07, 6.45) is 8.61. The number of H-pyrrole nitrogens is 1. The number of nitrogens with zero attached hydrogens (tertiary/aromatic N) is 2. The number of rotatable bonds is 8. The molecule has 0 bridgehead atoms. The summed E-state index contributed by atoms with van der Waals surface area (Å²) >= 11 is 0. The SMILES string of the molecule is CC(C)(C)COC(=O)OC[C@@H](NC(=O)N1Cc2c(NC(=O)C3(S(C)(C)C)CCC3)n[nH]c2C1(C)C)c1ccccc1. The van der Waals surface area contributed by atoms with Crippen LogP contribution < -0.4 is 10.6 Å². The van der Waals surface area contributed by atoms with Crippen molar-refractivity contribution in [2.75, 3.05) is 37.3 Å². The zero-order valence-electron chi connectivity index (χ0n) is 25.6. The lowest BCUT2D eigenvalue weighted by molar-refractivity contribution is -0.120. The maximum atomic E-state index is 13.7. The fourth-order valence-corrected chi connectivity index (χ4v) is 7.50. The number of carbonyl (C=O) groups excluding carboxylic acids is 3. The molecule has 2 aliphatic rings. The van der Waals surface area contributed by atoms with E-state index in [4.69, 9.17) is 9.47 Å². The van der Waals surface area contributed by atoms with Crippen LogP contribution in [0, 0.1) is 5.41 Å². The van der Waals surface area contributed by atoms with Crippen molar-refractivity contribution < 1.29 is 23.9 Å². The van der Waals surface area contributed by atoms with Crippen LogP contribution in [0.4, 0.5) is 15.4 Å². The quantitative estimate of drug-likeness (QED) is 0.342. The van der Waals surface area contributed by atoms with Gasteiger partial charge >= 0.3 is 12.2 Å². The van der Waals surface area contributed by atoms with Gasteiger partial charge in [0, 0.05) is 5.56 Å². The van der Waals surface area contributed by atoms with Crippen molar-refractivity contribution >= 4 is 33.9 Å². The first-order chi connectivity index (χ1) is 19.0. The number of aromatic nitrogens is 2. The summed E-state index contributed by atoms with van der Waals surface area (Å²) in [5.74, 6) is 0.494. The van der Waals surface area contributed by atoms with E-state index in [1.165, 1.54) is 0 Å². The minimum absolute atomic E-state index is 0.0147. The van der Waals surface area contributed by atoms with Gasteiger partial charge in [-0.1, -0.05) is 51.1 Å². The molecule has 1 fully saturated rings. The number of aromatic amines is 1. The highest BCUT2D eigenvalue weighted by Gasteiger charge is 2.51. The van der Waals surface area contributed by atoms with E-state index in [9.17, 15) is 14.4 Å². The molecule has 1 aromatic heterocycles. The zero-order chi connectivity index (χ0) is 30.2. The molecule has 1 atom stereocenters. The predicted octanol–water partition coefficient (Wildman–Crippen LogP) is 5.67. The number of ether oxygens (including phenoxy) is 2. The molecule has 0 spiro atoms. The number of anilines is 1. The first-order valence-electron chi connectivity index (χ1n) is 14.0. The highest BCUT2D eigenvalue weighted by Crippen LogP contribution is 2.60. The lowest BCUT2D eigenvalue weighted by Gasteiger charge is -2.53. The Kier molecular flexibility index (Phi) is 8.42. The van der Waals surface area contributed by atoms with Gasteiger partial charge in [0.15, 0.2) is 5.82 Å². The Morgan fingerprint density at radius 3 is 2.32 bits per heavy atom. The van der Waals surface area contributed by atoms with E-state index in [0.29, 0.717) is 5.82 Å². The van der Waals surface area contributed by atoms with Gasteiger partial charge in [0.2, 0.25) is 5.91 Å². The van der Waals surface area contributed by atoms with Crippen LogP contribution in [0.1, 0.15) is 76.7 Å². The Morgan fingerprint density at radius 2 is 1.76 bits per heavy atom. The van der Waals surface area contributed by atoms with Crippen LogP contribution in [0.3, 0.4) is 0 Å². The van der Waals surface area contributed by atoms with E-state index >= 15 is 0 Å². The van der Waals surface area contributed by atoms with E-state index in [2.05, 4.69) is 39.6 Å². The molecular formula is C30H45N5O5S. The van der Waals surface area contributed by atoms with Crippen molar-refractivity contribution in [1.29, 1.82) is 0 Å². The number of hydrogen-bond acceptors (Lipinski definition) is 6. The molecule has 41 heavy (non-hydrogen) atoms. The summed E-state index contributed by atoms with van der Waals surface area (Å²) < 4.78 is 10.3. The molecule has 4 rings (SSSR count). The molecule has 226 valence electrons. The van der Waals surface area contributed by atoms with Gasteiger partial charge < -0.3 is 25.0 Å². The van der Waals surface area contributed by atoms with Gasteiger partial charge in [-0.3, -0.25) is 9.89 Å². The summed E-state index contributed by atoms with van der Waals surface area (Å²) in [6.45, 7) is 10.2. The molecule has 2 heterocycles. The normalized spacial score (nSPS) is 18.5. The largest absolute Gasteiger partial charge is 0.508 e. The van der Waals surface area contributed by atoms with Crippen LogP contribution in [-0.4, -0.2) is 69.9 Å². The van der Waals surface area contributed by atoms with E-state index in [1.807, 2.05) is 65.0 Å². The van der Waals surface area contributed by atoms with E-state index in [0.717, 1.165) is 36.1 Å². The third-order valence-corrected chi connectivity index (χ3v) is 11.1. The summed E-state index contributed by atoms with van der Waals surface area (Å²) in [7, 11) is -1.12. The summed E-state index contributed by atoms with van der Waals surface area (Å²) in [6, 6.07) is 8.44. The van der Waals surface area contributed by atoms with Crippen LogP contribution in [0.25, 0.3) is 0 Å². The van der Waals surface area contributed by atoms with Crippen LogP contribution >= 0.6 is 10.0 Å². The predicted molar refractivity (Wildman–Crippen MR) is 162 cm³/mol. The third-order valence-electron chi connectivity index (χ3n) is 8.18. The third kappa shape index (κ3) is 6.34. The molecule has 2 aromatic rings. The fourth-order valence-electron chi connectivity index (χ4n) is 5.38. The second-order valence-electron chi connectivity index (χ2n) is 13.5. The van der Waals surface area contributed by atoms with Crippen LogP contribution in [0.15, 0.2) is 30.3 Å². The van der Waals surface area contributed by atoms with E-state index < -0.39 is 27.8 Å². The van der Waals surface area contributed by atoms with Gasteiger partial charge in [0.1, 0.15) is 6.61 Å². The smallest absolute Gasteiger partial charge is 0.434 e. The first-order valence-corrected chi connectivity index (χ1v) is 16.9. The summed E-state index contributed by atoms with van der Waals surface area (Å²) in [5.41, 5.74) is 1.47. The lowest BCUT2D eigenvalue weighted by Crippen LogP contribution is -2.51. The highest BCUT2D eigenvalue weighted by atomic mass is 32.3. The number of nitrogens with one attached hydrogen (secondary N) is 3. The van der Waals surface area contributed by atoms with Gasteiger partial charge in [0.05, 0.1) is 35.2 Å². The molecule has 1 aliphatic carbocycles. The maximum Gasteiger partial charge on any atom is 0.508 e. The van der Waals surface area contributed by atoms with Crippen molar-refractivity contribution in [3.63, 3.8) is 0 Å². The van der Waals surface area contributed by atoms with Crippen LogP contribution in [0.2, 0.25) is 0 Å². The van der Waals surface area contributed by atoms with Gasteiger partial charge in [-0.05, 0) is 62.9 Å². The van der Waals surface area contributed by atoms with E-state index in [-0.39, 0.29) is 41.9 Å². The Balaban J connectivity index is 1.47. The average Bonchev–Trinajstić information content (AvgIpc) is 3.36. The number of urea groups is 1. The van der Waals surface area contributed by atoms with Gasteiger partial charge in [-0.15, -0.1) is 0 Å². The second-order valence-corrected chi connectivity index (χ2v) is 18.0. The van der Waals surface area contributed by atoms with Crippen molar-refractivity contribution in [2.24, 2.45) is 5.41 Å². The molecule has 0 saturated heterocycles. The number of fused-ring (bicyclic) bond motifs is 1. The molecule has 0 radical (unpaired) electrons. The minimum atomic E-state index is -1.12. The Hall–Kier alpha value is -3.21. The average molecular weight is 588 g/mol. The molecule has 10 nitrogen and oxygen atoms in total. The summed E-state index contributed by atoms with van der Waals surface area (Å²) in [5, 5.41) is 13.7. The fraction of sp³-hybridized carbons (Fsp3) is 0.600. The van der Waals surface area contributed by atoms with Crippen molar-refractivity contribution in [1.82, 2.24) is 20.4 Å². The van der Waals surface area contributed by atoms with Gasteiger partial charge in [0.25, 0.3) is 0 Å². The zero-order valence-corrected chi connectivity index (χ0v) is 26.4. The topological polar surface area (TPSA) is 126 Å². The molecule has 3 amide bonds. The van der Waals surface area contributed by atoms with Gasteiger partial charge in [-0.2, -0.15) is 5.10 Å². The maximum absolute atomic E-state index is 13.7. The van der Waals surface area contributed by atoms with Crippen molar-refractivity contribution in [3.05, 3.63) is 47.2 Å². The number of carbonyl (C=O) groups is 3. The lowest BCUT2D eigenvalue weighted by atomic mass is 9.83. The highest BCUT2D eigenvalue weighted by molar-refractivity contribution is 8.33. The first kappa shape index (κ1) is 30.7. The van der Waals surface area contributed by atoms with Crippen molar-refractivity contribution in [2.45, 2.75) is 76.8 Å². The van der Waals surface area contributed by atoms with Gasteiger partial charge in [-0.25, -0.2) is 19.6 Å². The molecular weight excluding hydrogens is 542 g/mol. The Bertz CT molecular complexity index is 1270. The molecule has 11 heteroatoms. The van der Waals surface area contributed by atoms with Crippen LogP contribution in [-0.2, 0) is 26.4 Å². The second kappa shape index (κ2) is 11.2. The molecule has 1 aliphatic heterocycles. The number of hydrogen-bond donors (Lipinski definition) is 3. The van der Waals surface area contributed by atoms with Crippen molar-refractivity contribution in [3.8, 4) is 0 Å². The monoisotopic (exact) mass is 587 g/mol. The van der Waals surface area contributed by atoms with E-state index in [1.54, 1.807) is 4.90 Å². The number of benzene rings is 1. The standard InChI is InChI=1S/C30H45N5O5S/c1-28(2,3)19-40-27(38)39-18-22(20-13-10-9-11-14-20)31-26(37)35-17-21-23(29(35,4)5)33-34-24(21)32-25(36)30(15-12-16-30)41(6,7)8/h9-11,13-14,22H,12,15-19H2,1-8H3,(H,31,37)(H2,32,33,34,36)/t22-/m1/s1. The molecule has 1 aromatic carbocycles. The number of amides is 3. The molecule has 1 saturated carbocycles. The Morgan fingerprint density at radius 1 is 1.10 bits per heavy atom. The summed E-state index contributed by atoms with van der Waals surface area (Å²) in [4.78, 5) is 41.2.